The summed E-state index contributed by atoms with van der Waals surface area (Å²) in [4.78, 5) is 10.4. The van der Waals surface area contributed by atoms with E-state index in [0.717, 1.165) is 44.7 Å². The molecule has 0 aliphatic carbocycles. The van der Waals surface area contributed by atoms with Crippen molar-refractivity contribution >= 4 is 42.5 Å². The van der Waals surface area contributed by atoms with Crippen LogP contribution in [0, 0.1) is 0 Å². The third-order valence-corrected chi connectivity index (χ3v) is 8.92. The zero-order valence-corrected chi connectivity index (χ0v) is 23.0. The van der Waals surface area contributed by atoms with Gasteiger partial charge in [-0.05, 0) is 28.8 Å². The Labute approximate surface area is 242 Å². The second kappa shape index (κ2) is 9.81. The Kier molecular flexibility index (Phi) is 5.68. The van der Waals surface area contributed by atoms with Crippen LogP contribution in [0.2, 0.25) is 0 Å². The molecule has 0 bridgehead atoms. The summed E-state index contributed by atoms with van der Waals surface area (Å²) in [6, 6.07) is 51.2. The Hall–Kier alpha value is -5.12. The lowest BCUT2D eigenvalue weighted by Gasteiger charge is -2.13. The van der Waals surface area contributed by atoms with Gasteiger partial charge in [0, 0.05) is 36.9 Å². The molecule has 6 aromatic carbocycles. The van der Waals surface area contributed by atoms with Crippen molar-refractivity contribution in [1.29, 1.82) is 0 Å². The fraction of sp³-hybridized carbons (Fsp3) is 0. The minimum atomic E-state index is 0.889. The molecule has 2 aromatic heterocycles. The van der Waals surface area contributed by atoms with Crippen LogP contribution in [-0.4, -0.2) is 9.97 Å². The predicted octanol–water partition coefficient (Wildman–Crippen LogP) is 10.7. The van der Waals surface area contributed by atoms with Crippen LogP contribution in [0.15, 0.2) is 146 Å². The zero-order chi connectivity index (χ0) is 27.2. The van der Waals surface area contributed by atoms with Crippen LogP contribution in [-0.2, 0) is 0 Å². The normalized spacial score (nSPS) is 11.4. The average Bonchev–Trinajstić information content (AvgIpc) is 3.44. The van der Waals surface area contributed by atoms with Crippen LogP contribution < -0.4 is 0 Å². The van der Waals surface area contributed by atoms with Crippen LogP contribution >= 0.6 is 11.3 Å². The van der Waals surface area contributed by atoms with E-state index in [4.69, 9.17) is 9.97 Å². The molecular weight excluding hydrogens is 516 g/mol. The van der Waals surface area contributed by atoms with E-state index in [1.807, 2.05) is 35.6 Å². The molecule has 0 atom stereocenters. The molecule has 41 heavy (non-hydrogen) atoms. The largest absolute Gasteiger partial charge is 0.244 e. The van der Waals surface area contributed by atoms with Gasteiger partial charge in [0.15, 0.2) is 0 Å². The predicted molar refractivity (Wildman–Crippen MR) is 174 cm³/mol. The first-order valence-electron chi connectivity index (χ1n) is 13.8. The fourth-order valence-corrected chi connectivity index (χ4v) is 6.95. The molecule has 3 heteroatoms. The van der Waals surface area contributed by atoms with E-state index in [1.54, 1.807) is 0 Å². The van der Waals surface area contributed by atoms with E-state index in [1.165, 1.54) is 31.3 Å². The van der Waals surface area contributed by atoms with Gasteiger partial charge in [0.25, 0.3) is 0 Å². The lowest BCUT2D eigenvalue weighted by Crippen LogP contribution is -1.97. The molecule has 0 amide bonds. The first-order valence-corrected chi connectivity index (χ1v) is 14.6. The molecule has 192 valence electrons. The van der Waals surface area contributed by atoms with Crippen LogP contribution in [0.5, 0.6) is 0 Å². The molecular formula is C38H24N2S. The van der Waals surface area contributed by atoms with E-state index in [0.29, 0.717) is 0 Å². The summed E-state index contributed by atoms with van der Waals surface area (Å²) in [7, 11) is 0. The van der Waals surface area contributed by atoms with E-state index in [-0.39, 0.29) is 0 Å². The highest BCUT2D eigenvalue weighted by atomic mass is 32.1. The van der Waals surface area contributed by atoms with Gasteiger partial charge in [-0.25, -0.2) is 9.97 Å². The summed E-state index contributed by atoms with van der Waals surface area (Å²) < 4.78 is 2.66. The van der Waals surface area contributed by atoms with E-state index in [2.05, 4.69) is 121 Å². The first-order chi connectivity index (χ1) is 20.3. The van der Waals surface area contributed by atoms with Crippen LogP contribution in [0.3, 0.4) is 0 Å². The van der Waals surface area contributed by atoms with Crippen LogP contribution in [0.4, 0.5) is 0 Å². The van der Waals surface area contributed by atoms with Crippen molar-refractivity contribution in [1.82, 2.24) is 9.97 Å². The van der Waals surface area contributed by atoms with Gasteiger partial charge >= 0.3 is 0 Å². The molecule has 0 spiro atoms. The molecule has 0 aliphatic heterocycles. The summed E-state index contributed by atoms with van der Waals surface area (Å²) in [5.41, 5.74) is 10.4. The molecule has 0 fully saturated rings. The smallest absolute Gasteiger partial charge is 0.0973 e. The van der Waals surface area contributed by atoms with Crippen molar-refractivity contribution in [2.45, 2.75) is 0 Å². The molecule has 0 N–H and O–H groups in total. The average molecular weight is 541 g/mol. The molecule has 0 aliphatic rings. The van der Waals surface area contributed by atoms with Crippen molar-refractivity contribution < 1.29 is 0 Å². The second-order valence-electron chi connectivity index (χ2n) is 10.2. The van der Waals surface area contributed by atoms with E-state index in [9.17, 15) is 0 Å². The summed E-state index contributed by atoms with van der Waals surface area (Å²) in [5.74, 6) is 0. The summed E-state index contributed by atoms with van der Waals surface area (Å²) >= 11 is 1.87. The molecule has 8 aromatic rings. The number of fused-ring (bicyclic) bond motifs is 4. The third kappa shape index (κ3) is 4.10. The number of hydrogen-bond donors (Lipinski definition) is 0. The molecule has 0 radical (unpaired) electrons. The Bertz CT molecular complexity index is 2180. The minimum Gasteiger partial charge on any atom is -0.244 e. The number of para-hydroxylation sites is 1. The van der Waals surface area contributed by atoms with Crippen molar-refractivity contribution in [2.24, 2.45) is 0 Å². The maximum Gasteiger partial charge on any atom is 0.0973 e. The summed E-state index contributed by atoms with van der Waals surface area (Å²) in [5, 5.41) is 2.64. The van der Waals surface area contributed by atoms with E-state index >= 15 is 0 Å². The van der Waals surface area contributed by atoms with Gasteiger partial charge in [-0.15, -0.1) is 11.3 Å². The Balaban J connectivity index is 1.27. The molecule has 8 rings (SSSR count). The fourth-order valence-electron chi connectivity index (χ4n) is 5.71. The number of thiophene rings is 1. The maximum atomic E-state index is 5.28. The molecule has 0 saturated heterocycles. The molecule has 2 heterocycles. The second-order valence-corrected chi connectivity index (χ2v) is 11.2. The van der Waals surface area contributed by atoms with Gasteiger partial charge in [0.1, 0.15) is 0 Å². The van der Waals surface area contributed by atoms with Crippen molar-refractivity contribution in [2.75, 3.05) is 0 Å². The molecule has 0 unspecified atom stereocenters. The first kappa shape index (κ1) is 23.7. The number of rotatable bonds is 4. The van der Waals surface area contributed by atoms with Gasteiger partial charge in [-0.1, -0.05) is 133 Å². The van der Waals surface area contributed by atoms with Gasteiger partial charge in [-0.3, -0.25) is 0 Å². The Morgan fingerprint density at radius 2 is 0.951 bits per heavy atom. The highest BCUT2D eigenvalue weighted by molar-refractivity contribution is 7.26. The Morgan fingerprint density at radius 3 is 1.68 bits per heavy atom. The Morgan fingerprint density at radius 1 is 0.390 bits per heavy atom. The standard InChI is InChI=1S/C38H24N2S/c1-3-11-27(12-4-1)35-36(28-13-5-2-6-14-28)40-37-29(16-10-19-33(37)39-35)25-21-23-26(24-22-25)30-17-9-18-32-31-15-7-8-20-34(31)41-38(30)32/h1-24H. The highest BCUT2D eigenvalue weighted by Crippen LogP contribution is 2.40. The van der Waals surface area contributed by atoms with E-state index < -0.39 is 0 Å². The molecule has 2 nitrogen and oxygen atoms in total. The summed E-state index contributed by atoms with van der Waals surface area (Å²) in [6.07, 6.45) is 0. The number of benzene rings is 6. The van der Waals surface area contributed by atoms with Gasteiger partial charge < -0.3 is 0 Å². The zero-order valence-electron chi connectivity index (χ0n) is 22.2. The van der Waals surface area contributed by atoms with Gasteiger partial charge in [-0.2, -0.15) is 0 Å². The van der Waals surface area contributed by atoms with Gasteiger partial charge in [0.05, 0.1) is 22.4 Å². The number of aromatic nitrogens is 2. The SMILES string of the molecule is c1ccc(-c2nc3cccc(-c4ccc(-c5cccc6c5sc5ccccc56)cc4)c3nc2-c2ccccc2)cc1. The molecule has 0 saturated carbocycles. The highest BCUT2D eigenvalue weighted by Gasteiger charge is 2.16. The van der Waals surface area contributed by atoms with Gasteiger partial charge in [0.2, 0.25) is 0 Å². The lowest BCUT2D eigenvalue weighted by molar-refractivity contribution is 1.29. The van der Waals surface area contributed by atoms with Crippen molar-refractivity contribution in [3.8, 4) is 44.8 Å². The van der Waals surface area contributed by atoms with Crippen LogP contribution in [0.1, 0.15) is 0 Å². The van der Waals surface area contributed by atoms with Crippen molar-refractivity contribution in [3.63, 3.8) is 0 Å². The minimum absolute atomic E-state index is 0.889. The monoisotopic (exact) mass is 540 g/mol. The topological polar surface area (TPSA) is 25.8 Å². The lowest BCUT2D eigenvalue weighted by atomic mass is 9.97. The van der Waals surface area contributed by atoms with Crippen molar-refractivity contribution in [3.05, 3.63) is 146 Å². The van der Waals surface area contributed by atoms with Crippen LogP contribution in [0.25, 0.3) is 76.0 Å². The third-order valence-electron chi connectivity index (χ3n) is 7.70. The summed E-state index contributed by atoms with van der Waals surface area (Å²) in [6.45, 7) is 0. The number of nitrogens with zero attached hydrogens (tertiary/aromatic N) is 2. The quantitative estimate of drug-likeness (QED) is 0.222. The maximum absolute atomic E-state index is 5.28. The number of hydrogen-bond acceptors (Lipinski definition) is 3.